The predicted molar refractivity (Wildman–Crippen MR) is 73.0 cm³/mol. The normalized spacial score (nSPS) is 16.5. The Balaban J connectivity index is 1.75. The zero-order valence-corrected chi connectivity index (χ0v) is 11.0. The Morgan fingerprint density at radius 2 is 2.16 bits per heavy atom. The van der Waals surface area contributed by atoms with Crippen molar-refractivity contribution >= 4 is 0 Å². The van der Waals surface area contributed by atoms with E-state index in [1.165, 1.54) is 0 Å². The zero-order chi connectivity index (χ0) is 13.1. The minimum Gasteiger partial charge on any atom is -0.474 e. The number of hydrogen-bond donors (Lipinski definition) is 1. The highest BCUT2D eigenvalue weighted by Gasteiger charge is 2.15. The van der Waals surface area contributed by atoms with Crippen LogP contribution in [0.1, 0.15) is 12.8 Å². The van der Waals surface area contributed by atoms with E-state index >= 15 is 0 Å². The molecule has 100 valence electrons. The molecule has 0 radical (unpaired) electrons. The molecule has 3 rings (SSSR count). The number of aryl methyl sites for hydroxylation is 1. The summed E-state index contributed by atoms with van der Waals surface area (Å²) in [6.45, 7) is 2.04. The second-order valence-electron chi connectivity index (χ2n) is 4.83. The van der Waals surface area contributed by atoms with Crippen molar-refractivity contribution in [2.45, 2.75) is 18.9 Å². The van der Waals surface area contributed by atoms with Crippen LogP contribution in [0.15, 0.2) is 30.6 Å². The van der Waals surface area contributed by atoms with Gasteiger partial charge in [0.1, 0.15) is 6.10 Å². The van der Waals surface area contributed by atoms with Gasteiger partial charge in [-0.3, -0.25) is 4.68 Å². The van der Waals surface area contributed by atoms with Crippen LogP contribution in [0.4, 0.5) is 0 Å². The minimum atomic E-state index is 0.276. The fraction of sp³-hybridized carbons (Fsp3) is 0.429. The van der Waals surface area contributed by atoms with Gasteiger partial charge in [0.25, 0.3) is 0 Å². The van der Waals surface area contributed by atoms with Gasteiger partial charge in [-0.05, 0) is 32.0 Å². The molecule has 0 bridgehead atoms. The molecule has 1 N–H and O–H groups in total. The highest BCUT2D eigenvalue weighted by Crippen LogP contribution is 2.20. The summed E-state index contributed by atoms with van der Waals surface area (Å²) < 4.78 is 7.72. The van der Waals surface area contributed by atoms with Crippen molar-refractivity contribution in [3.63, 3.8) is 0 Å². The van der Waals surface area contributed by atoms with E-state index in [2.05, 4.69) is 15.4 Å². The smallest absolute Gasteiger partial charge is 0.214 e. The first-order valence-electron chi connectivity index (χ1n) is 6.65. The Labute approximate surface area is 112 Å². The quantitative estimate of drug-likeness (QED) is 0.909. The summed E-state index contributed by atoms with van der Waals surface area (Å²) >= 11 is 0. The van der Waals surface area contributed by atoms with Gasteiger partial charge in [-0.2, -0.15) is 5.10 Å². The van der Waals surface area contributed by atoms with Gasteiger partial charge < -0.3 is 10.1 Å². The summed E-state index contributed by atoms with van der Waals surface area (Å²) in [6, 6.07) is 5.87. The lowest BCUT2D eigenvalue weighted by Crippen LogP contribution is -2.34. The van der Waals surface area contributed by atoms with Crippen LogP contribution in [-0.2, 0) is 7.05 Å². The molecule has 0 unspecified atom stereocenters. The second-order valence-corrected chi connectivity index (χ2v) is 4.83. The van der Waals surface area contributed by atoms with Crippen LogP contribution in [0.3, 0.4) is 0 Å². The highest BCUT2D eigenvalue weighted by molar-refractivity contribution is 5.57. The Bertz CT molecular complexity index is 546. The van der Waals surface area contributed by atoms with E-state index in [0.717, 1.165) is 37.2 Å². The summed E-state index contributed by atoms with van der Waals surface area (Å²) in [5.74, 6) is 0.702. The lowest BCUT2D eigenvalue weighted by molar-refractivity contribution is 0.156. The van der Waals surface area contributed by atoms with Crippen LogP contribution in [0.25, 0.3) is 11.3 Å². The van der Waals surface area contributed by atoms with Crippen LogP contribution in [0, 0.1) is 0 Å². The predicted octanol–water partition coefficient (Wildman–Crippen LogP) is 1.61. The largest absolute Gasteiger partial charge is 0.474 e. The molecule has 1 fully saturated rings. The molecule has 2 aromatic rings. The Kier molecular flexibility index (Phi) is 3.46. The number of piperidine rings is 1. The minimum absolute atomic E-state index is 0.276. The van der Waals surface area contributed by atoms with E-state index in [1.807, 2.05) is 37.6 Å². The van der Waals surface area contributed by atoms with Crippen molar-refractivity contribution in [2.75, 3.05) is 13.1 Å². The number of aromatic nitrogens is 3. The summed E-state index contributed by atoms with van der Waals surface area (Å²) in [4.78, 5) is 4.55. The van der Waals surface area contributed by atoms with E-state index in [-0.39, 0.29) is 6.10 Å². The molecule has 1 saturated heterocycles. The molecule has 0 saturated carbocycles. The number of nitrogens with zero attached hydrogens (tertiary/aromatic N) is 3. The fourth-order valence-electron chi connectivity index (χ4n) is 2.28. The maximum absolute atomic E-state index is 5.95. The first-order valence-corrected chi connectivity index (χ1v) is 6.65. The summed E-state index contributed by atoms with van der Waals surface area (Å²) in [6.07, 6.45) is 6.13. The van der Waals surface area contributed by atoms with E-state index in [9.17, 15) is 0 Å². The van der Waals surface area contributed by atoms with Crippen LogP contribution in [0.5, 0.6) is 5.88 Å². The van der Waals surface area contributed by atoms with Crippen molar-refractivity contribution in [3.05, 3.63) is 30.6 Å². The van der Waals surface area contributed by atoms with E-state index in [0.29, 0.717) is 5.88 Å². The number of hydrogen-bond acceptors (Lipinski definition) is 4. The van der Waals surface area contributed by atoms with Gasteiger partial charge in [0, 0.05) is 24.9 Å². The van der Waals surface area contributed by atoms with Crippen molar-refractivity contribution in [2.24, 2.45) is 7.05 Å². The first-order chi connectivity index (χ1) is 9.31. The Morgan fingerprint density at radius 3 is 2.89 bits per heavy atom. The molecular formula is C14H18N4O. The van der Waals surface area contributed by atoms with Gasteiger partial charge >= 0.3 is 0 Å². The number of ether oxygens (including phenoxy) is 1. The third kappa shape index (κ3) is 2.93. The number of nitrogens with one attached hydrogen (secondary N) is 1. The maximum atomic E-state index is 5.95. The van der Waals surface area contributed by atoms with Crippen LogP contribution < -0.4 is 10.1 Å². The van der Waals surface area contributed by atoms with E-state index in [4.69, 9.17) is 4.74 Å². The third-order valence-electron chi connectivity index (χ3n) is 3.30. The van der Waals surface area contributed by atoms with Gasteiger partial charge in [0.15, 0.2) is 0 Å². The van der Waals surface area contributed by atoms with E-state index in [1.54, 1.807) is 4.68 Å². The van der Waals surface area contributed by atoms with Gasteiger partial charge in [0.05, 0.1) is 11.9 Å². The summed E-state index contributed by atoms with van der Waals surface area (Å²) in [5, 5.41) is 7.49. The SMILES string of the molecule is Cn1cc(-c2cccc(OC3CCNCC3)n2)cn1. The lowest BCUT2D eigenvalue weighted by Gasteiger charge is -2.23. The molecule has 0 aliphatic carbocycles. The van der Waals surface area contributed by atoms with Gasteiger partial charge in [-0.25, -0.2) is 4.98 Å². The first kappa shape index (κ1) is 12.2. The van der Waals surface area contributed by atoms with Gasteiger partial charge in [-0.1, -0.05) is 6.07 Å². The Morgan fingerprint density at radius 1 is 1.32 bits per heavy atom. The van der Waals surface area contributed by atoms with Crippen molar-refractivity contribution in [3.8, 4) is 17.1 Å². The molecule has 1 aliphatic rings. The van der Waals surface area contributed by atoms with Crippen LogP contribution >= 0.6 is 0 Å². The maximum Gasteiger partial charge on any atom is 0.214 e. The standard InChI is InChI=1S/C14H18N4O/c1-18-10-11(9-16-18)13-3-2-4-14(17-13)19-12-5-7-15-8-6-12/h2-4,9-10,12,15H,5-8H2,1H3. The second kappa shape index (κ2) is 5.40. The zero-order valence-electron chi connectivity index (χ0n) is 11.0. The number of pyridine rings is 1. The molecule has 5 nitrogen and oxygen atoms in total. The van der Waals surface area contributed by atoms with Crippen molar-refractivity contribution in [1.82, 2.24) is 20.1 Å². The fourth-order valence-corrected chi connectivity index (χ4v) is 2.28. The third-order valence-corrected chi connectivity index (χ3v) is 3.30. The average molecular weight is 258 g/mol. The highest BCUT2D eigenvalue weighted by atomic mass is 16.5. The summed E-state index contributed by atoms with van der Waals surface area (Å²) in [7, 11) is 1.90. The molecule has 1 aliphatic heterocycles. The van der Waals surface area contributed by atoms with Gasteiger partial charge in [0.2, 0.25) is 5.88 Å². The van der Waals surface area contributed by atoms with Crippen molar-refractivity contribution in [1.29, 1.82) is 0 Å². The van der Waals surface area contributed by atoms with Crippen LogP contribution in [0.2, 0.25) is 0 Å². The molecule has 5 heteroatoms. The lowest BCUT2D eigenvalue weighted by atomic mass is 10.1. The topological polar surface area (TPSA) is 52.0 Å². The average Bonchev–Trinajstić information content (AvgIpc) is 2.87. The van der Waals surface area contributed by atoms with Crippen molar-refractivity contribution < 1.29 is 4.74 Å². The monoisotopic (exact) mass is 258 g/mol. The number of rotatable bonds is 3. The molecule has 2 aromatic heterocycles. The molecule has 0 atom stereocenters. The molecule has 0 aromatic carbocycles. The molecule has 0 spiro atoms. The van der Waals surface area contributed by atoms with Crippen LogP contribution in [-0.4, -0.2) is 34.0 Å². The molecule has 3 heterocycles. The molecular weight excluding hydrogens is 240 g/mol. The Hall–Kier alpha value is -1.88. The summed E-state index contributed by atoms with van der Waals surface area (Å²) in [5.41, 5.74) is 1.91. The molecule has 0 amide bonds. The van der Waals surface area contributed by atoms with E-state index < -0.39 is 0 Å². The molecule has 19 heavy (non-hydrogen) atoms. The van der Waals surface area contributed by atoms with Gasteiger partial charge in [-0.15, -0.1) is 0 Å².